The van der Waals surface area contributed by atoms with Gasteiger partial charge >= 0.3 is 12.3 Å². The summed E-state index contributed by atoms with van der Waals surface area (Å²) < 4.78 is 43.2. The average Bonchev–Trinajstić information content (AvgIpc) is 2.32. The topological polar surface area (TPSA) is 64.3 Å². The van der Waals surface area contributed by atoms with E-state index in [1.165, 1.54) is 18.2 Å². The number of alkyl halides is 3. The molecule has 1 saturated carbocycles. The van der Waals surface area contributed by atoms with E-state index < -0.39 is 17.8 Å². The molecule has 1 aliphatic carbocycles. The third-order valence-electron chi connectivity index (χ3n) is 3.27. The molecule has 0 heterocycles. The zero-order chi connectivity index (χ0) is 14.8. The van der Waals surface area contributed by atoms with Crippen LogP contribution in [0.5, 0.6) is 0 Å². The van der Waals surface area contributed by atoms with Crippen LogP contribution in [0.15, 0.2) is 24.3 Å². The summed E-state index contributed by atoms with van der Waals surface area (Å²) in [7, 11) is 0. The number of nitrogens with two attached hydrogens (primary N) is 1. The van der Waals surface area contributed by atoms with Crippen molar-refractivity contribution < 1.29 is 22.7 Å². The number of amides is 1. The van der Waals surface area contributed by atoms with Crippen LogP contribution in [0.25, 0.3) is 0 Å². The molecule has 0 aromatic heterocycles. The second-order valence-corrected chi connectivity index (χ2v) is 4.77. The van der Waals surface area contributed by atoms with Crippen molar-refractivity contribution in [3.8, 4) is 0 Å². The number of anilines is 1. The van der Waals surface area contributed by atoms with Gasteiger partial charge in [-0.1, -0.05) is 12.1 Å². The van der Waals surface area contributed by atoms with Gasteiger partial charge in [0.1, 0.15) is 6.10 Å². The molecule has 3 N–H and O–H groups in total. The maximum absolute atomic E-state index is 12.7. The monoisotopic (exact) mass is 288 g/mol. The molecule has 0 aliphatic heterocycles. The number of benzene rings is 1. The lowest BCUT2D eigenvalue weighted by atomic mass is 9.82. The fourth-order valence-electron chi connectivity index (χ4n) is 2.09. The third kappa shape index (κ3) is 3.41. The van der Waals surface area contributed by atoms with Crippen LogP contribution in [0, 0.1) is 5.92 Å². The quantitative estimate of drug-likeness (QED) is 0.898. The van der Waals surface area contributed by atoms with Crippen molar-refractivity contribution in [3.05, 3.63) is 29.8 Å². The summed E-state index contributed by atoms with van der Waals surface area (Å²) in [5, 5.41) is 2.14. The molecule has 0 unspecified atom stereocenters. The lowest BCUT2D eigenvalue weighted by molar-refractivity contribution is -0.136. The van der Waals surface area contributed by atoms with Gasteiger partial charge in [-0.15, -0.1) is 0 Å². The number of para-hydroxylation sites is 1. The molecule has 110 valence electrons. The van der Waals surface area contributed by atoms with Crippen molar-refractivity contribution in [3.63, 3.8) is 0 Å². The Hall–Kier alpha value is -1.76. The van der Waals surface area contributed by atoms with E-state index in [4.69, 9.17) is 10.5 Å². The first-order valence-corrected chi connectivity index (χ1v) is 6.24. The molecular weight excluding hydrogens is 273 g/mol. The predicted octanol–water partition coefficient (Wildman–Crippen LogP) is 2.99. The van der Waals surface area contributed by atoms with Crippen LogP contribution in [0.1, 0.15) is 18.4 Å². The van der Waals surface area contributed by atoms with Gasteiger partial charge in [-0.25, -0.2) is 4.79 Å². The van der Waals surface area contributed by atoms with Crippen LogP contribution in [-0.4, -0.2) is 18.7 Å². The summed E-state index contributed by atoms with van der Waals surface area (Å²) in [4.78, 5) is 11.6. The van der Waals surface area contributed by atoms with E-state index in [1.807, 2.05) is 0 Å². The Morgan fingerprint density at radius 2 is 2.00 bits per heavy atom. The molecular formula is C13H15F3N2O2. The molecule has 1 amide bonds. The minimum absolute atomic E-state index is 0.262. The number of carbonyl (C=O) groups excluding carboxylic acids is 1. The van der Waals surface area contributed by atoms with Gasteiger partial charge < -0.3 is 10.5 Å². The molecule has 0 bridgehead atoms. The summed E-state index contributed by atoms with van der Waals surface area (Å²) in [5.41, 5.74) is 4.23. The van der Waals surface area contributed by atoms with Crippen LogP contribution < -0.4 is 11.1 Å². The number of ether oxygens (including phenoxy) is 1. The van der Waals surface area contributed by atoms with Crippen LogP contribution in [0.2, 0.25) is 0 Å². The van der Waals surface area contributed by atoms with E-state index in [2.05, 4.69) is 5.32 Å². The minimum atomic E-state index is -4.52. The normalized spacial score (nSPS) is 22.0. The van der Waals surface area contributed by atoms with Gasteiger partial charge in [0.25, 0.3) is 0 Å². The Labute approximate surface area is 114 Å². The highest BCUT2D eigenvalue weighted by atomic mass is 19.4. The van der Waals surface area contributed by atoms with Crippen molar-refractivity contribution in [1.29, 1.82) is 0 Å². The molecule has 7 heteroatoms. The average molecular weight is 288 g/mol. The molecule has 1 aromatic carbocycles. The van der Waals surface area contributed by atoms with Gasteiger partial charge in [-0.2, -0.15) is 13.2 Å². The lowest BCUT2D eigenvalue weighted by Gasteiger charge is -2.33. The molecule has 1 fully saturated rings. The van der Waals surface area contributed by atoms with E-state index in [-0.39, 0.29) is 11.8 Å². The van der Waals surface area contributed by atoms with Crippen molar-refractivity contribution >= 4 is 11.8 Å². The maximum atomic E-state index is 12.7. The Morgan fingerprint density at radius 1 is 1.35 bits per heavy atom. The van der Waals surface area contributed by atoms with Crippen molar-refractivity contribution in [2.45, 2.75) is 25.1 Å². The number of nitrogens with one attached hydrogen (secondary N) is 1. The van der Waals surface area contributed by atoms with Crippen LogP contribution in [0.4, 0.5) is 23.7 Å². The summed E-state index contributed by atoms with van der Waals surface area (Å²) in [6, 6.07) is 4.77. The molecule has 1 aliphatic rings. The Bertz CT molecular complexity index is 485. The van der Waals surface area contributed by atoms with Gasteiger partial charge in [0.2, 0.25) is 0 Å². The first-order valence-electron chi connectivity index (χ1n) is 6.24. The van der Waals surface area contributed by atoms with E-state index >= 15 is 0 Å². The molecule has 4 nitrogen and oxygen atoms in total. The standard InChI is InChI=1S/C13H15F3N2O2/c14-13(15,16)10-3-1-2-4-11(10)18-12(19)20-9-5-8(6-9)7-17/h1-4,8-9H,5-7,17H2,(H,18,19). The van der Waals surface area contributed by atoms with Gasteiger partial charge in [0.05, 0.1) is 11.3 Å². The van der Waals surface area contributed by atoms with E-state index in [0.717, 1.165) is 6.07 Å². The predicted molar refractivity (Wildman–Crippen MR) is 67.1 cm³/mol. The zero-order valence-corrected chi connectivity index (χ0v) is 10.6. The highest BCUT2D eigenvalue weighted by molar-refractivity contribution is 5.86. The molecule has 0 atom stereocenters. The molecule has 0 saturated heterocycles. The second-order valence-electron chi connectivity index (χ2n) is 4.77. The molecule has 0 radical (unpaired) electrons. The Kier molecular flexibility index (Phi) is 4.17. The summed E-state index contributed by atoms with van der Waals surface area (Å²) in [6.45, 7) is 0.526. The van der Waals surface area contributed by atoms with Gasteiger partial charge in [0, 0.05) is 0 Å². The number of carbonyl (C=O) groups is 1. The molecule has 2 rings (SSSR count). The third-order valence-corrected chi connectivity index (χ3v) is 3.27. The van der Waals surface area contributed by atoms with E-state index in [9.17, 15) is 18.0 Å². The van der Waals surface area contributed by atoms with E-state index in [1.54, 1.807) is 0 Å². The number of hydrogen-bond donors (Lipinski definition) is 2. The highest BCUT2D eigenvalue weighted by Gasteiger charge is 2.35. The van der Waals surface area contributed by atoms with Crippen molar-refractivity contribution in [1.82, 2.24) is 0 Å². The Morgan fingerprint density at radius 3 is 2.60 bits per heavy atom. The SMILES string of the molecule is NCC1CC(OC(=O)Nc2ccccc2C(F)(F)F)C1. The number of hydrogen-bond acceptors (Lipinski definition) is 3. The van der Waals surface area contributed by atoms with Gasteiger partial charge in [-0.3, -0.25) is 5.32 Å². The van der Waals surface area contributed by atoms with E-state index in [0.29, 0.717) is 25.3 Å². The summed E-state index contributed by atoms with van der Waals surface area (Å²) in [5.74, 6) is 0.329. The zero-order valence-electron chi connectivity index (χ0n) is 10.6. The smallest absolute Gasteiger partial charge is 0.418 e. The van der Waals surface area contributed by atoms with Crippen molar-refractivity contribution in [2.24, 2.45) is 11.7 Å². The first-order chi connectivity index (χ1) is 9.40. The van der Waals surface area contributed by atoms with Crippen LogP contribution >= 0.6 is 0 Å². The summed E-state index contributed by atoms with van der Waals surface area (Å²) >= 11 is 0. The molecule has 1 aromatic rings. The lowest BCUT2D eigenvalue weighted by Crippen LogP contribution is -2.38. The number of rotatable bonds is 3. The van der Waals surface area contributed by atoms with Gasteiger partial charge in [-0.05, 0) is 37.4 Å². The van der Waals surface area contributed by atoms with Crippen LogP contribution in [0.3, 0.4) is 0 Å². The van der Waals surface area contributed by atoms with Crippen molar-refractivity contribution in [2.75, 3.05) is 11.9 Å². The fourth-order valence-corrected chi connectivity index (χ4v) is 2.09. The van der Waals surface area contributed by atoms with Crippen LogP contribution in [-0.2, 0) is 10.9 Å². The maximum Gasteiger partial charge on any atom is 0.418 e. The molecule has 0 spiro atoms. The largest absolute Gasteiger partial charge is 0.446 e. The second kappa shape index (κ2) is 5.70. The molecule has 20 heavy (non-hydrogen) atoms. The van der Waals surface area contributed by atoms with Gasteiger partial charge in [0.15, 0.2) is 0 Å². The first kappa shape index (κ1) is 14.6. The highest BCUT2D eigenvalue weighted by Crippen LogP contribution is 2.35. The Balaban J connectivity index is 1.95. The minimum Gasteiger partial charge on any atom is -0.446 e. The number of halogens is 3. The fraction of sp³-hybridized carbons (Fsp3) is 0.462. The summed E-state index contributed by atoms with van der Waals surface area (Å²) in [6.07, 6.45) is -4.34.